The zero-order valence-electron chi connectivity index (χ0n) is 7.49. The SMILES string of the molecule is CC(O)CCN1OC(C)CC1=O. The van der Waals surface area contributed by atoms with Gasteiger partial charge < -0.3 is 5.11 Å². The molecule has 0 bridgehead atoms. The zero-order valence-corrected chi connectivity index (χ0v) is 7.49. The monoisotopic (exact) mass is 173 g/mol. The van der Waals surface area contributed by atoms with E-state index >= 15 is 0 Å². The molecule has 1 aliphatic heterocycles. The lowest BCUT2D eigenvalue weighted by molar-refractivity contribution is -0.172. The number of carbonyl (C=O) groups excluding carboxylic acids is 1. The molecule has 1 heterocycles. The van der Waals surface area contributed by atoms with Crippen LogP contribution < -0.4 is 0 Å². The molecule has 0 saturated carbocycles. The summed E-state index contributed by atoms with van der Waals surface area (Å²) in [6.07, 6.45) is 0.641. The summed E-state index contributed by atoms with van der Waals surface area (Å²) in [7, 11) is 0. The average molecular weight is 173 g/mol. The van der Waals surface area contributed by atoms with Crippen LogP contribution in [-0.2, 0) is 9.63 Å². The molecule has 70 valence electrons. The van der Waals surface area contributed by atoms with Gasteiger partial charge in [-0.25, -0.2) is 5.06 Å². The minimum absolute atomic E-state index is 0.00787. The quantitative estimate of drug-likeness (QED) is 0.668. The summed E-state index contributed by atoms with van der Waals surface area (Å²) in [6, 6.07) is 0. The third kappa shape index (κ3) is 2.46. The highest BCUT2D eigenvalue weighted by Gasteiger charge is 2.27. The summed E-state index contributed by atoms with van der Waals surface area (Å²) in [5.74, 6) is 0.0168. The predicted molar refractivity (Wildman–Crippen MR) is 43.2 cm³/mol. The van der Waals surface area contributed by atoms with Gasteiger partial charge in [0.15, 0.2) is 0 Å². The largest absolute Gasteiger partial charge is 0.393 e. The van der Waals surface area contributed by atoms with Crippen LogP contribution in [0.2, 0.25) is 0 Å². The highest BCUT2D eigenvalue weighted by atomic mass is 16.7. The molecular formula is C8H15NO3. The van der Waals surface area contributed by atoms with Gasteiger partial charge in [-0.3, -0.25) is 9.63 Å². The molecular weight excluding hydrogens is 158 g/mol. The van der Waals surface area contributed by atoms with Gasteiger partial charge in [-0.15, -0.1) is 0 Å². The standard InChI is InChI=1S/C8H15NO3/c1-6(10)3-4-9-8(11)5-7(2)12-9/h6-7,10H,3-5H2,1-2H3. The normalized spacial score (nSPS) is 26.4. The Kier molecular flexibility index (Phi) is 3.05. The lowest BCUT2D eigenvalue weighted by atomic mass is 10.2. The van der Waals surface area contributed by atoms with Gasteiger partial charge in [0, 0.05) is 0 Å². The van der Waals surface area contributed by atoms with Crippen molar-refractivity contribution < 1.29 is 14.7 Å². The highest BCUT2D eigenvalue weighted by molar-refractivity contribution is 5.76. The predicted octanol–water partition coefficient (Wildman–Crippen LogP) is 0.310. The van der Waals surface area contributed by atoms with Gasteiger partial charge in [-0.1, -0.05) is 0 Å². The first-order chi connectivity index (χ1) is 5.59. The third-order valence-corrected chi connectivity index (χ3v) is 1.80. The molecule has 1 aliphatic rings. The topological polar surface area (TPSA) is 49.8 Å². The Bertz CT molecular complexity index is 170. The Labute approximate surface area is 72.1 Å². The third-order valence-electron chi connectivity index (χ3n) is 1.80. The van der Waals surface area contributed by atoms with Crippen molar-refractivity contribution in [2.45, 2.75) is 38.9 Å². The number of nitrogens with zero attached hydrogens (tertiary/aromatic N) is 1. The van der Waals surface area contributed by atoms with Crippen LogP contribution in [0.5, 0.6) is 0 Å². The summed E-state index contributed by atoms with van der Waals surface area (Å²) in [4.78, 5) is 16.3. The molecule has 4 nitrogen and oxygen atoms in total. The molecule has 2 atom stereocenters. The van der Waals surface area contributed by atoms with E-state index in [1.165, 1.54) is 5.06 Å². The van der Waals surface area contributed by atoms with Crippen molar-refractivity contribution >= 4 is 5.91 Å². The maximum atomic E-state index is 11.1. The van der Waals surface area contributed by atoms with Crippen LogP contribution >= 0.6 is 0 Å². The molecule has 4 heteroatoms. The van der Waals surface area contributed by atoms with Crippen molar-refractivity contribution in [3.63, 3.8) is 0 Å². The number of aliphatic hydroxyl groups is 1. The molecule has 0 aromatic carbocycles. The van der Waals surface area contributed by atoms with Gasteiger partial charge in [-0.05, 0) is 20.3 Å². The van der Waals surface area contributed by atoms with Gasteiger partial charge in [0.05, 0.1) is 25.2 Å². The molecule has 0 aromatic rings. The maximum absolute atomic E-state index is 11.1. The summed E-state index contributed by atoms with van der Waals surface area (Å²) in [6.45, 7) is 4.05. The van der Waals surface area contributed by atoms with Crippen LogP contribution in [0.4, 0.5) is 0 Å². The number of hydrogen-bond donors (Lipinski definition) is 1. The summed E-state index contributed by atoms with van der Waals surface area (Å²) < 4.78 is 0. The Balaban J connectivity index is 2.28. The molecule has 1 amide bonds. The molecule has 1 saturated heterocycles. The molecule has 0 spiro atoms. The van der Waals surface area contributed by atoms with Crippen molar-refractivity contribution in [2.75, 3.05) is 6.54 Å². The molecule has 0 aliphatic carbocycles. The van der Waals surface area contributed by atoms with Crippen LogP contribution in [0.15, 0.2) is 0 Å². The van der Waals surface area contributed by atoms with Crippen molar-refractivity contribution in [1.82, 2.24) is 5.06 Å². The van der Waals surface area contributed by atoms with Crippen LogP contribution in [0.3, 0.4) is 0 Å². The van der Waals surface area contributed by atoms with Crippen molar-refractivity contribution in [1.29, 1.82) is 0 Å². The number of hydrogen-bond acceptors (Lipinski definition) is 3. The molecule has 0 radical (unpaired) electrons. The van der Waals surface area contributed by atoms with E-state index in [2.05, 4.69) is 0 Å². The fourth-order valence-corrected chi connectivity index (χ4v) is 1.14. The minimum atomic E-state index is -0.377. The second-order valence-corrected chi connectivity index (χ2v) is 3.25. The first kappa shape index (κ1) is 9.48. The van der Waals surface area contributed by atoms with Crippen molar-refractivity contribution in [2.24, 2.45) is 0 Å². The number of rotatable bonds is 3. The van der Waals surface area contributed by atoms with Crippen LogP contribution in [0.1, 0.15) is 26.7 Å². The Hall–Kier alpha value is -0.610. The number of amides is 1. The van der Waals surface area contributed by atoms with Crippen LogP contribution in [-0.4, -0.2) is 34.8 Å². The van der Waals surface area contributed by atoms with E-state index in [1.54, 1.807) is 6.92 Å². The van der Waals surface area contributed by atoms with E-state index < -0.39 is 0 Å². The minimum Gasteiger partial charge on any atom is -0.393 e. The van der Waals surface area contributed by atoms with Gasteiger partial charge in [0.2, 0.25) is 5.91 Å². The lowest BCUT2D eigenvalue weighted by Crippen LogP contribution is -2.26. The van der Waals surface area contributed by atoms with E-state index in [0.29, 0.717) is 19.4 Å². The van der Waals surface area contributed by atoms with E-state index in [4.69, 9.17) is 9.94 Å². The molecule has 2 unspecified atom stereocenters. The van der Waals surface area contributed by atoms with Gasteiger partial charge in [-0.2, -0.15) is 0 Å². The van der Waals surface area contributed by atoms with E-state index in [0.717, 1.165) is 0 Å². The molecule has 0 aromatic heterocycles. The average Bonchev–Trinajstić information content (AvgIpc) is 2.26. The Morgan fingerprint density at radius 2 is 2.50 bits per heavy atom. The second-order valence-electron chi connectivity index (χ2n) is 3.25. The molecule has 12 heavy (non-hydrogen) atoms. The van der Waals surface area contributed by atoms with Crippen molar-refractivity contribution in [3.8, 4) is 0 Å². The van der Waals surface area contributed by atoms with Gasteiger partial charge in [0.1, 0.15) is 0 Å². The molecule has 1 N–H and O–H groups in total. The van der Waals surface area contributed by atoms with Gasteiger partial charge >= 0.3 is 0 Å². The fourth-order valence-electron chi connectivity index (χ4n) is 1.14. The van der Waals surface area contributed by atoms with Crippen molar-refractivity contribution in [3.05, 3.63) is 0 Å². The fraction of sp³-hybridized carbons (Fsp3) is 0.875. The maximum Gasteiger partial charge on any atom is 0.248 e. The van der Waals surface area contributed by atoms with E-state index in [9.17, 15) is 4.79 Å². The second kappa shape index (κ2) is 3.87. The van der Waals surface area contributed by atoms with Gasteiger partial charge in [0.25, 0.3) is 0 Å². The first-order valence-electron chi connectivity index (χ1n) is 4.25. The first-order valence-corrected chi connectivity index (χ1v) is 4.25. The molecule has 1 fully saturated rings. The lowest BCUT2D eigenvalue weighted by Gasteiger charge is -2.15. The number of aliphatic hydroxyl groups excluding tert-OH is 1. The molecule has 1 rings (SSSR count). The summed E-state index contributed by atoms with van der Waals surface area (Å²) >= 11 is 0. The number of carbonyl (C=O) groups is 1. The smallest absolute Gasteiger partial charge is 0.248 e. The van der Waals surface area contributed by atoms with E-state index in [1.807, 2.05) is 6.92 Å². The Morgan fingerprint density at radius 1 is 1.83 bits per heavy atom. The summed E-state index contributed by atoms with van der Waals surface area (Å²) in [5.41, 5.74) is 0. The van der Waals surface area contributed by atoms with Crippen LogP contribution in [0.25, 0.3) is 0 Å². The summed E-state index contributed by atoms with van der Waals surface area (Å²) in [5, 5.41) is 10.3. The highest BCUT2D eigenvalue weighted by Crippen LogP contribution is 2.14. The number of hydroxylamine groups is 2. The zero-order chi connectivity index (χ0) is 9.14. The Morgan fingerprint density at radius 3 is 2.92 bits per heavy atom. The van der Waals surface area contributed by atoms with Crippen LogP contribution in [0, 0.1) is 0 Å². The van der Waals surface area contributed by atoms with E-state index in [-0.39, 0.29) is 18.1 Å².